The number of aromatic nitrogens is 1. The van der Waals surface area contributed by atoms with E-state index in [4.69, 9.17) is 4.74 Å². The van der Waals surface area contributed by atoms with Crippen LogP contribution in [0.4, 0.5) is 0 Å². The van der Waals surface area contributed by atoms with Gasteiger partial charge in [0.05, 0.1) is 5.41 Å². The fourth-order valence-corrected chi connectivity index (χ4v) is 4.78. The number of carbonyl (C=O) groups is 2. The maximum Gasteiger partial charge on any atom is 0.260 e. The van der Waals surface area contributed by atoms with Gasteiger partial charge in [0.15, 0.2) is 0 Å². The number of carbonyl (C=O) groups excluding carboxylic acids is 2. The average molecular weight is 373 g/mol. The first kappa shape index (κ1) is 18.2. The number of likely N-dealkylation sites (tertiary alicyclic amines) is 2. The molecule has 0 unspecified atom stereocenters. The molecule has 2 amide bonds. The first-order valence-corrected chi connectivity index (χ1v) is 9.88. The van der Waals surface area contributed by atoms with E-state index in [9.17, 15) is 14.4 Å². The third-order valence-corrected chi connectivity index (χ3v) is 6.33. The Morgan fingerprint density at radius 3 is 2.70 bits per heavy atom. The van der Waals surface area contributed by atoms with Crippen molar-refractivity contribution in [1.29, 1.82) is 0 Å². The maximum absolute atomic E-state index is 13.3. The second-order valence-electron chi connectivity index (χ2n) is 8.09. The van der Waals surface area contributed by atoms with Crippen LogP contribution in [0.1, 0.15) is 48.2 Å². The topological polar surface area (TPSA) is 82.7 Å². The lowest BCUT2D eigenvalue weighted by Crippen LogP contribution is -2.55. The normalized spacial score (nSPS) is 26.8. The number of pyridine rings is 1. The fourth-order valence-electron chi connectivity index (χ4n) is 4.78. The van der Waals surface area contributed by atoms with Crippen LogP contribution in [0.3, 0.4) is 0 Å². The van der Waals surface area contributed by atoms with Gasteiger partial charge in [0.25, 0.3) is 11.5 Å². The van der Waals surface area contributed by atoms with E-state index in [1.165, 1.54) is 0 Å². The summed E-state index contributed by atoms with van der Waals surface area (Å²) in [6.45, 7) is 4.95. The Morgan fingerprint density at radius 1 is 1.19 bits per heavy atom. The highest BCUT2D eigenvalue weighted by Gasteiger charge is 2.50. The maximum atomic E-state index is 13.3. The number of nitrogens with one attached hydrogen (secondary N) is 1. The molecule has 3 aliphatic rings. The lowest BCUT2D eigenvalue weighted by molar-refractivity contribution is -0.150. The lowest BCUT2D eigenvalue weighted by Gasteiger charge is -2.44. The molecule has 3 saturated heterocycles. The molecule has 7 heteroatoms. The van der Waals surface area contributed by atoms with Gasteiger partial charge in [-0.25, -0.2) is 0 Å². The van der Waals surface area contributed by atoms with Crippen molar-refractivity contribution in [2.75, 3.05) is 32.8 Å². The molecule has 146 valence electrons. The zero-order valence-electron chi connectivity index (χ0n) is 15.8. The molecule has 0 radical (unpaired) electrons. The van der Waals surface area contributed by atoms with E-state index < -0.39 is 5.41 Å². The van der Waals surface area contributed by atoms with E-state index in [1.807, 2.05) is 4.90 Å². The largest absolute Gasteiger partial charge is 0.381 e. The van der Waals surface area contributed by atoms with Crippen molar-refractivity contribution in [3.8, 4) is 0 Å². The molecule has 27 heavy (non-hydrogen) atoms. The number of ether oxygens (including phenoxy) is 1. The first-order chi connectivity index (χ1) is 13.0. The van der Waals surface area contributed by atoms with Crippen LogP contribution in [0, 0.1) is 12.3 Å². The number of aromatic amines is 1. The van der Waals surface area contributed by atoms with Gasteiger partial charge in [-0.15, -0.1) is 0 Å². The van der Waals surface area contributed by atoms with Gasteiger partial charge in [0.2, 0.25) is 5.91 Å². The molecule has 3 fully saturated rings. The van der Waals surface area contributed by atoms with Crippen molar-refractivity contribution in [2.24, 2.45) is 5.41 Å². The third kappa shape index (κ3) is 3.29. The number of rotatable bonds is 2. The smallest absolute Gasteiger partial charge is 0.260 e. The predicted molar refractivity (Wildman–Crippen MR) is 99.5 cm³/mol. The molecule has 1 aromatic rings. The Morgan fingerprint density at radius 2 is 1.96 bits per heavy atom. The number of amides is 2. The zero-order valence-corrected chi connectivity index (χ0v) is 15.8. The summed E-state index contributed by atoms with van der Waals surface area (Å²) in [4.78, 5) is 44.8. The lowest BCUT2D eigenvalue weighted by atomic mass is 9.77. The summed E-state index contributed by atoms with van der Waals surface area (Å²) >= 11 is 0. The highest BCUT2D eigenvalue weighted by molar-refractivity contribution is 5.95. The number of hydrogen-bond acceptors (Lipinski definition) is 4. The molecule has 1 atom stereocenters. The van der Waals surface area contributed by atoms with Crippen molar-refractivity contribution in [2.45, 2.75) is 45.1 Å². The second kappa shape index (κ2) is 7.11. The van der Waals surface area contributed by atoms with E-state index in [2.05, 4.69) is 4.98 Å². The molecule has 4 rings (SSSR count). The molecule has 0 bridgehead atoms. The number of hydrogen-bond donors (Lipinski definition) is 1. The van der Waals surface area contributed by atoms with E-state index >= 15 is 0 Å². The Balaban J connectivity index is 1.51. The minimum atomic E-state index is -0.482. The van der Waals surface area contributed by atoms with Crippen LogP contribution < -0.4 is 5.56 Å². The average Bonchev–Trinajstić information content (AvgIpc) is 3.09. The van der Waals surface area contributed by atoms with Crippen LogP contribution in [-0.4, -0.2) is 65.5 Å². The molecule has 0 saturated carbocycles. The molecule has 1 spiro atoms. The summed E-state index contributed by atoms with van der Waals surface area (Å²) in [6.07, 6.45) is 4.25. The van der Waals surface area contributed by atoms with Crippen molar-refractivity contribution in [1.82, 2.24) is 14.8 Å². The molecule has 1 N–H and O–H groups in total. The van der Waals surface area contributed by atoms with Gasteiger partial charge in [-0.05, 0) is 51.2 Å². The highest BCUT2D eigenvalue weighted by Crippen LogP contribution is 2.41. The van der Waals surface area contributed by atoms with Crippen molar-refractivity contribution < 1.29 is 14.3 Å². The summed E-state index contributed by atoms with van der Waals surface area (Å²) in [6, 6.07) is 3.57. The quantitative estimate of drug-likeness (QED) is 0.848. The SMILES string of the molecule is Cc1ccc(C(=O)N2CC[C@]3(CCCN(C4CCOCC4)C3=O)C2)c(=O)[nH]1. The Hall–Kier alpha value is -2.15. The molecular weight excluding hydrogens is 346 g/mol. The highest BCUT2D eigenvalue weighted by atomic mass is 16.5. The fraction of sp³-hybridized carbons (Fsp3) is 0.650. The van der Waals surface area contributed by atoms with Crippen LogP contribution in [0.5, 0.6) is 0 Å². The van der Waals surface area contributed by atoms with Gasteiger partial charge in [0.1, 0.15) is 5.56 Å². The standard InChI is InChI=1S/C20H27N3O4/c1-14-3-4-16(17(24)21-14)18(25)22-10-8-20(13-22)7-2-9-23(19(20)26)15-5-11-27-12-6-15/h3-4,15H,2,5-13H2,1H3,(H,21,24)/t20-/m1/s1. The zero-order chi connectivity index (χ0) is 19.0. The summed E-state index contributed by atoms with van der Waals surface area (Å²) < 4.78 is 5.44. The van der Waals surface area contributed by atoms with Crippen molar-refractivity contribution in [3.05, 3.63) is 33.7 Å². The van der Waals surface area contributed by atoms with E-state index in [-0.39, 0.29) is 29.0 Å². The third-order valence-electron chi connectivity index (χ3n) is 6.33. The molecular formula is C20H27N3O4. The molecule has 4 heterocycles. The Bertz CT molecular complexity index is 799. The summed E-state index contributed by atoms with van der Waals surface area (Å²) in [7, 11) is 0. The van der Waals surface area contributed by atoms with Gasteiger partial charge in [-0.1, -0.05) is 0 Å². The van der Waals surface area contributed by atoms with Gasteiger partial charge < -0.3 is 19.5 Å². The Labute approximate surface area is 158 Å². The molecule has 3 aliphatic heterocycles. The molecule has 0 aromatic carbocycles. The summed E-state index contributed by atoms with van der Waals surface area (Å²) in [5, 5.41) is 0. The number of piperidine rings is 1. The van der Waals surface area contributed by atoms with E-state index in [1.54, 1.807) is 24.0 Å². The van der Waals surface area contributed by atoms with Crippen LogP contribution in [-0.2, 0) is 9.53 Å². The van der Waals surface area contributed by atoms with Crippen LogP contribution in [0.25, 0.3) is 0 Å². The minimum absolute atomic E-state index is 0.155. The summed E-state index contributed by atoms with van der Waals surface area (Å²) in [5.41, 5.74) is 0.0369. The van der Waals surface area contributed by atoms with Crippen LogP contribution in [0.2, 0.25) is 0 Å². The summed E-state index contributed by atoms with van der Waals surface area (Å²) in [5.74, 6) is -0.0853. The first-order valence-electron chi connectivity index (χ1n) is 9.88. The van der Waals surface area contributed by atoms with E-state index in [0.717, 1.165) is 37.9 Å². The van der Waals surface area contributed by atoms with Crippen molar-refractivity contribution >= 4 is 11.8 Å². The molecule has 0 aliphatic carbocycles. The van der Waals surface area contributed by atoms with Gasteiger partial charge in [-0.2, -0.15) is 0 Å². The second-order valence-corrected chi connectivity index (χ2v) is 8.09. The van der Waals surface area contributed by atoms with Crippen molar-refractivity contribution in [3.63, 3.8) is 0 Å². The minimum Gasteiger partial charge on any atom is -0.381 e. The molecule has 1 aromatic heterocycles. The monoisotopic (exact) mass is 373 g/mol. The van der Waals surface area contributed by atoms with E-state index in [0.29, 0.717) is 32.7 Å². The number of aryl methyl sites for hydroxylation is 1. The van der Waals surface area contributed by atoms with Crippen LogP contribution >= 0.6 is 0 Å². The van der Waals surface area contributed by atoms with Gasteiger partial charge >= 0.3 is 0 Å². The molecule has 7 nitrogen and oxygen atoms in total. The predicted octanol–water partition coefficient (Wildman–Crippen LogP) is 1.32. The Kier molecular flexibility index (Phi) is 4.80. The van der Waals surface area contributed by atoms with Crippen LogP contribution in [0.15, 0.2) is 16.9 Å². The van der Waals surface area contributed by atoms with Gasteiger partial charge in [-0.3, -0.25) is 14.4 Å². The number of H-pyrrole nitrogens is 1. The number of nitrogens with zero attached hydrogens (tertiary/aromatic N) is 2. The van der Waals surface area contributed by atoms with Gasteiger partial charge in [0, 0.05) is 44.6 Å².